The predicted octanol–water partition coefficient (Wildman–Crippen LogP) is 4.76. The van der Waals surface area contributed by atoms with Crippen molar-refractivity contribution in [1.29, 1.82) is 0 Å². The Bertz CT molecular complexity index is 572. The quantitative estimate of drug-likeness (QED) is 0.780. The molecule has 2 bridgehead atoms. The lowest BCUT2D eigenvalue weighted by Gasteiger charge is -2.28. The summed E-state index contributed by atoms with van der Waals surface area (Å²) < 4.78 is 0. The molecule has 0 unspecified atom stereocenters. The van der Waals surface area contributed by atoms with E-state index in [1.807, 2.05) is 6.08 Å². The molecule has 4 atom stereocenters. The van der Waals surface area contributed by atoms with Gasteiger partial charge in [0.2, 0.25) is 5.91 Å². The van der Waals surface area contributed by atoms with E-state index in [4.69, 9.17) is 0 Å². The first kappa shape index (κ1) is 16.3. The van der Waals surface area contributed by atoms with Crippen LogP contribution >= 0.6 is 0 Å². The Hall–Kier alpha value is -1.57. The molecule has 2 aliphatic rings. The molecule has 2 nitrogen and oxygen atoms in total. The molecule has 0 aliphatic heterocycles. The van der Waals surface area contributed by atoms with Crippen molar-refractivity contribution in [2.75, 3.05) is 0 Å². The number of fused-ring (bicyclic) bond motifs is 2. The average Bonchev–Trinajstić information content (AvgIpc) is 3.16. The fourth-order valence-corrected chi connectivity index (χ4v) is 4.45. The monoisotopic (exact) mass is 311 g/mol. The van der Waals surface area contributed by atoms with Crippen LogP contribution in [0.4, 0.5) is 0 Å². The van der Waals surface area contributed by atoms with Crippen LogP contribution in [0.1, 0.15) is 63.5 Å². The minimum absolute atomic E-state index is 0.0354. The molecule has 2 fully saturated rings. The fraction of sp³-hybridized carbons (Fsp3) is 0.571. The third kappa shape index (κ3) is 3.85. The molecule has 23 heavy (non-hydrogen) atoms. The van der Waals surface area contributed by atoms with Crippen LogP contribution in [0.5, 0.6) is 0 Å². The number of hydrogen-bond donors (Lipinski definition) is 1. The summed E-state index contributed by atoms with van der Waals surface area (Å²) in [4.78, 5) is 12.2. The van der Waals surface area contributed by atoms with Crippen LogP contribution in [-0.2, 0) is 4.79 Å². The molecule has 1 aromatic rings. The highest BCUT2D eigenvalue weighted by Crippen LogP contribution is 2.49. The Balaban J connectivity index is 1.52. The summed E-state index contributed by atoms with van der Waals surface area (Å²) >= 11 is 0. The van der Waals surface area contributed by atoms with E-state index in [1.165, 1.54) is 31.2 Å². The van der Waals surface area contributed by atoms with Crippen molar-refractivity contribution in [3.05, 3.63) is 41.5 Å². The van der Waals surface area contributed by atoms with Crippen LogP contribution in [-0.4, -0.2) is 11.9 Å². The zero-order chi connectivity index (χ0) is 16.4. The van der Waals surface area contributed by atoms with Gasteiger partial charge in [-0.1, -0.05) is 44.5 Å². The van der Waals surface area contributed by atoms with E-state index in [-0.39, 0.29) is 5.91 Å². The lowest BCUT2D eigenvalue weighted by Crippen LogP contribution is -2.39. The Labute approximate surface area is 140 Å². The molecule has 3 rings (SSSR count). The van der Waals surface area contributed by atoms with Gasteiger partial charge in [-0.05, 0) is 67.1 Å². The number of hydrogen-bond acceptors (Lipinski definition) is 1. The van der Waals surface area contributed by atoms with Crippen LogP contribution in [0.2, 0.25) is 0 Å². The van der Waals surface area contributed by atoms with Crippen LogP contribution in [0.25, 0.3) is 6.08 Å². The number of rotatable bonds is 5. The highest BCUT2D eigenvalue weighted by molar-refractivity contribution is 5.91. The van der Waals surface area contributed by atoms with Crippen LogP contribution < -0.4 is 5.32 Å². The van der Waals surface area contributed by atoms with Gasteiger partial charge < -0.3 is 5.32 Å². The topological polar surface area (TPSA) is 29.1 Å². The van der Waals surface area contributed by atoms with E-state index in [2.05, 4.69) is 50.4 Å². The van der Waals surface area contributed by atoms with Gasteiger partial charge in [-0.2, -0.15) is 0 Å². The van der Waals surface area contributed by atoms with Crippen molar-refractivity contribution >= 4 is 12.0 Å². The summed E-state index contributed by atoms with van der Waals surface area (Å²) in [5, 5.41) is 3.18. The second-order valence-corrected chi connectivity index (χ2v) is 7.79. The molecule has 2 aliphatic carbocycles. The molecule has 0 spiro atoms. The molecule has 0 heterocycles. The third-order valence-corrected chi connectivity index (χ3v) is 5.84. The van der Waals surface area contributed by atoms with Crippen molar-refractivity contribution in [1.82, 2.24) is 5.32 Å². The van der Waals surface area contributed by atoms with E-state index in [0.717, 1.165) is 17.4 Å². The van der Waals surface area contributed by atoms with Gasteiger partial charge in [0, 0.05) is 12.1 Å². The molecular weight excluding hydrogens is 282 g/mol. The highest BCUT2D eigenvalue weighted by Gasteiger charge is 2.41. The van der Waals surface area contributed by atoms with Crippen molar-refractivity contribution < 1.29 is 4.79 Å². The van der Waals surface area contributed by atoms with Crippen molar-refractivity contribution in [2.45, 2.75) is 58.4 Å². The Morgan fingerprint density at radius 3 is 2.43 bits per heavy atom. The normalized spacial score (nSPS) is 27.7. The first-order chi connectivity index (χ1) is 11.0. The molecular formula is C21H29NO. The summed E-state index contributed by atoms with van der Waals surface area (Å²) in [5.74, 6) is 3.05. The lowest BCUT2D eigenvalue weighted by atomic mass is 9.84. The zero-order valence-electron chi connectivity index (χ0n) is 14.6. The molecule has 1 N–H and O–H groups in total. The lowest BCUT2D eigenvalue weighted by molar-refractivity contribution is -0.117. The number of nitrogens with one attached hydrogen (secondary N) is 1. The average molecular weight is 311 g/mol. The summed E-state index contributed by atoms with van der Waals surface area (Å²) in [6, 6.07) is 8.74. The maximum absolute atomic E-state index is 12.2. The van der Waals surface area contributed by atoms with Gasteiger partial charge in [-0.3, -0.25) is 4.79 Å². The van der Waals surface area contributed by atoms with Crippen LogP contribution in [0.15, 0.2) is 30.3 Å². The first-order valence-electron chi connectivity index (χ1n) is 9.11. The molecule has 2 heteroatoms. The van der Waals surface area contributed by atoms with E-state index >= 15 is 0 Å². The van der Waals surface area contributed by atoms with E-state index < -0.39 is 0 Å². The summed E-state index contributed by atoms with van der Waals surface area (Å²) in [5.41, 5.74) is 2.41. The number of amides is 1. The first-order valence-corrected chi connectivity index (χ1v) is 9.11. The minimum Gasteiger partial charge on any atom is -0.350 e. The molecule has 1 aromatic carbocycles. The molecule has 0 radical (unpaired) electrons. The smallest absolute Gasteiger partial charge is 0.244 e. The molecule has 124 valence electrons. The number of benzene rings is 1. The number of carbonyl (C=O) groups is 1. The fourth-order valence-electron chi connectivity index (χ4n) is 4.45. The van der Waals surface area contributed by atoms with Gasteiger partial charge in [0.15, 0.2) is 0 Å². The summed E-state index contributed by atoms with van der Waals surface area (Å²) in [7, 11) is 0. The van der Waals surface area contributed by atoms with E-state index in [1.54, 1.807) is 6.08 Å². The maximum Gasteiger partial charge on any atom is 0.244 e. The molecule has 2 saturated carbocycles. The number of carbonyl (C=O) groups excluding carboxylic acids is 1. The standard InChI is InChI=1S/C21H29NO/c1-14(2)18-8-4-16(5-9-18)7-11-21(23)22-15(3)20-13-17-6-10-19(20)12-17/h4-5,7-9,11,14-15,17,19-20H,6,10,12-13H2,1-3H3,(H,22,23)/b11-7+/t15-,17-,19-,20+/m1/s1. The Morgan fingerprint density at radius 1 is 1.13 bits per heavy atom. The van der Waals surface area contributed by atoms with Gasteiger partial charge in [0.05, 0.1) is 0 Å². The molecule has 0 saturated heterocycles. The minimum atomic E-state index is 0.0354. The molecule has 0 aromatic heterocycles. The van der Waals surface area contributed by atoms with E-state index in [9.17, 15) is 4.79 Å². The third-order valence-electron chi connectivity index (χ3n) is 5.84. The summed E-state index contributed by atoms with van der Waals surface area (Å²) in [6.07, 6.45) is 9.07. The van der Waals surface area contributed by atoms with Gasteiger partial charge in [-0.15, -0.1) is 0 Å². The van der Waals surface area contributed by atoms with Crippen molar-refractivity contribution in [2.24, 2.45) is 17.8 Å². The van der Waals surface area contributed by atoms with E-state index in [0.29, 0.717) is 17.9 Å². The van der Waals surface area contributed by atoms with Crippen LogP contribution in [0, 0.1) is 17.8 Å². The van der Waals surface area contributed by atoms with Gasteiger partial charge >= 0.3 is 0 Å². The van der Waals surface area contributed by atoms with Gasteiger partial charge in [-0.25, -0.2) is 0 Å². The predicted molar refractivity (Wildman–Crippen MR) is 96.1 cm³/mol. The van der Waals surface area contributed by atoms with Crippen LogP contribution in [0.3, 0.4) is 0 Å². The second-order valence-electron chi connectivity index (χ2n) is 7.79. The molecule has 1 amide bonds. The Kier molecular flexibility index (Phi) is 4.89. The van der Waals surface area contributed by atoms with Gasteiger partial charge in [0.25, 0.3) is 0 Å². The van der Waals surface area contributed by atoms with Crippen molar-refractivity contribution in [3.63, 3.8) is 0 Å². The van der Waals surface area contributed by atoms with Gasteiger partial charge in [0.1, 0.15) is 0 Å². The second kappa shape index (κ2) is 6.90. The highest BCUT2D eigenvalue weighted by atomic mass is 16.1. The Morgan fingerprint density at radius 2 is 1.87 bits per heavy atom. The maximum atomic E-state index is 12.2. The summed E-state index contributed by atoms with van der Waals surface area (Å²) in [6.45, 7) is 6.55. The zero-order valence-corrected chi connectivity index (χ0v) is 14.6. The largest absolute Gasteiger partial charge is 0.350 e. The SMILES string of the molecule is CC(C)c1ccc(/C=C/C(=O)N[C@H](C)[C@@H]2C[C@@H]3CC[C@@H]2C3)cc1. The van der Waals surface area contributed by atoms with Crippen molar-refractivity contribution in [3.8, 4) is 0 Å².